The first-order valence-corrected chi connectivity index (χ1v) is 9.37. The fourth-order valence-corrected chi connectivity index (χ4v) is 3.39. The predicted molar refractivity (Wildman–Crippen MR) is 108 cm³/mol. The Hall–Kier alpha value is -3.26. The van der Waals surface area contributed by atoms with E-state index in [4.69, 9.17) is 0 Å². The van der Waals surface area contributed by atoms with Crippen LogP contribution in [0.3, 0.4) is 0 Å². The molecule has 0 aliphatic heterocycles. The Kier molecular flexibility index (Phi) is 6.00. The lowest BCUT2D eigenvalue weighted by Gasteiger charge is -2.06. The number of anilines is 2. The second-order valence-corrected chi connectivity index (χ2v) is 7.19. The molecule has 0 saturated heterocycles. The van der Waals surface area contributed by atoms with Gasteiger partial charge in [-0.05, 0) is 49.2 Å². The Labute approximate surface area is 165 Å². The molecule has 28 heavy (non-hydrogen) atoms. The molecule has 0 bridgehead atoms. The van der Waals surface area contributed by atoms with E-state index in [2.05, 4.69) is 20.9 Å². The van der Waals surface area contributed by atoms with Gasteiger partial charge in [0.1, 0.15) is 10.7 Å². The van der Waals surface area contributed by atoms with Gasteiger partial charge in [-0.15, -0.1) is 0 Å². The van der Waals surface area contributed by atoms with Crippen molar-refractivity contribution in [2.24, 2.45) is 0 Å². The van der Waals surface area contributed by atoms with Gasteiger partial charge in [0.05, 0.1) is 5.69 Å². The molecule has 0 atom stereocenters. The number of aryl methyl sites for hydroxylation is 2. The van der Waals surface area contributed by atoms with Gasteiger partial charge in [-0.3, -0.25) is 10.1 Å². The average molecular weight is 398 g/mol. The Morgan fingerprint density at radius 3 is 2.54 bits per heavy atom. The maximum Gasteiger partial charge on any atom is 0.325 e. The number of urea groups is 1. The monoisotopic (exact) mass is 398 g/mol. The number of thiazole rings is 1. The molecule has 3 N–H and O–H groups in total. The normalized spacial score (nSPS) is 10.4. The molecule has 1 aromatic heterocycles. The van der Waals surface area contributed by atoms with Gasteiger partial charge in [0.2, 0.25) is 0 Å². The number of amides is 3. The zero-order valence-electron chi connectivity index (χ0n) is 15.4. The largest absolute Gasteiger partial charge is 0.347 e. The summed E-state index contributed by atoms with van der Waals surface area (Å²) in [5, 5.41) is 8.46. The van der Waals surface area contributed by atoms with Gasteiger partial charge in [-0.1, -0.05) is 35.6 Å². The molecule has 0 radical (unpaired) electrons. The number of nitrogens with one attached hydrogen (secondary N) is 3. The summed E-state index contributed by atoms with van der Waals surface area (Å²) >= 11 is 1.09. The lowest BCUT2D eigenvalue weighted by atomic mass is 10.2. The van der Waals surface area contributed by atoms with Crippen LogP contribution in [0.1, 0.15) is 26.5 Å². The van der Waals surface area contributed by atoms with E-state index < -0.39 is 6.03 Å². The summed E-state index contributed by atoms with van der Waals surface area (Å²) < 4.78 is 12.9. The van der Waals surface area contributed by atoms with Crippen LogP contribution in [-0.2, 0) is 6.54 Å². The van der Waals surface area contributed by atoms with E-state index in [0.29, 0.717) is 21.4 Å². The summed E-state index contributed by atoms with van der Waals surface area (Å²) in [6.07, 6.45) is 0. The highest BCUT2D eigenvalue weighted by Gasteiger charge is 2.16. The van der Waals surface area contributed by atoms with E-state index in [-0.39, 0.29) is 18.3 Å². The van der Waals surface area contributed by atoms with Crippen molar-refractivity contribution in [2.75, 3.05) is 10.6 Å². The molecule has 8 heteroatoms. The minimum absolute atomic E-state index is 0.271. The van der Waals surface area contributed by atoms with Crippen LogP contribution in [0.2, 0.25) is 0 Å². The Morgan fingerprint density at radius 2 is 1.82 bits per heavy atom. The Bertz CT molecular complexity index is 1000. The van der Waals surface area contributed by atoms with Gasteiger partial charge in [0.25, 0.3) is 5.91 Å². The van der Waals surface area contributed by atoms with Crippen LogP contribution in [0.4, 0.5) is 20.0 Å². The average Bonchev–Trinajstić information content (AvgIpc) is 3.01. The van der Waals surface area contributed by atoms with Crippen molar-refractivity contribution in [3.8, 4) is 0 Å². The van der Waals surface area contributed by atoms with E-state index >= 15 is 0 Å². The van der Waals surface area contributed by atoms with Gasteiger partial charge >= 0.3 is 6.03 Å². The number of carbonyl (C=O) groups is 2. The van der Waals surface area contributed by atoms with Crippen molar-refractivity contribution in [3.63, 3.8) is 0 Å². The number of hydrogen-bond donors (Lipinski definition) is 3. The highest BCUT2D eigenvalue weighted by molar-refractivity contribution is 7.17. The SMILES string of the molecule is Cc1cccc(NC(=O)Nc2nc(C)c(C(=O)NCc3ccc(F)cc3)s2)c1. The number of aromatic nitrogens is 1. The fourth-order valence-electron chi connectivity index (χ4n) is 2.51. The number of carbonyl (C=O) groups excluding carboxylic acids is 2. The van der Waals surface area contributed by atoms with Crippen LogP contribution in [-0.4, -0.2) is 16.9 Å². The number of hydrogen-bond acceptors (Lipinski definition) is 4. The molecule has 0 fully saturated rings. The predicted octanol–water partition coefficient (Wildman–Crippen LogP) is 4.47. The van der Waals surface area contributed by atoms with Gasteiger partial charge < -0.3 is 10.6 Å². The van der Waals surface area contributed by atoms with Gasteiger partial charge in [0, 0.05) is 12.2 Å². The topological polar surface area (TPSA) is 83.1 Å². The molecular formula is C20H19FN4O2S. The van der Waals surface area contributed by atoms with E-state index in [1.165, 1.54) is 12.1 Å². The maximum atomic E-state index is 12.9. The molecule has 3 aromatic rings. The summed E-state index contributed by atoms with van der Waals surface area (Å²) in [6, 6.07) is 12.9. The molecule has 3 amide bonds. The lowest BCUT2D eigenvalue weighted by molar-refractivity contribution is 0.0954. The quantitative estimate of drug-likeness (QED) is 0.593. The highest BCUT2D eigenvalue weighted by Crippen LogP contribution is 2.23. The van der Waals surface area contributed by atoms with Gasteiger partial charge in [0.15, 0.2) is 5.13 Å². The minimum atomic E-state index is -0.433. The summed E-state index contributed by atoms with van der Waals surface area (Å²) in [7, 11) is 0. The first-order valence-electron chi connectivity index (χ1n) is 8.55. The second-order valence-electron chi connectivity index (χ2n) is 6.19. The lowest BCUT2D eigenvalue weighted by Crippen LogP contribution is -2.22. The standard InChI is InChI=1S/C20H19FN4O2S/c1-12-4-3-5-16(10-12)24-19(27)25-20-23-13(2)17(28-20)18(26)22-11-14-6-8-15(21)9-7-14/h3-10H,11H2,1-2H3,(H,22,26)(H2,23,24,25,27). The van der Waals surface area contributed by atoms with Crippen LogP contribution in [0.15, 0.2) is 48.5 Å². The second kappa shape index (κ2) is 8.62. The number of halogens is 1. The summed E-state index contributed by atoms with van der Waals surface area (Å²) in [5.74, 6) is -0.625. The van der Waals surface area contributed by atoms with E-state index in [1.807, 2.05) is 25.1 Å². The molecule has 0 aliphatic rings. The maximum absolute atomic E-state index is 12.9. The van der Waals surface area contributed by atoms with Crippen molar-refractivity contribution < 1.29 is 14.0 Å². The van der Waals surface area contributed by atoms with Crippen molar-refractivity contribution in [2.45, 2.75) is 20.4 Å². The minimum Gasteiger partial charge on any atom is -0.347 e. The smallest absolute Gasteiger partial charge is 0.325 e. The zero-order chi connectivity index (χ0) is 20.1. The number of benzene rings is 2. The molecule has 6 nitrogen and oxygen atoms in total. The number of nitrogens with zero attached hydrogens (tertiary/aromatic N) is 1. The molecule has 0 unspecified atom stereocenters. The van der Waals surface area contributed by atoms with Crippen LogP contribution in [0, 0.1) is 19.7 Å². The van der Waals surface area contributed by atoms with E-state index in [0.717, 1.165) is 22.5 Å². The summed E-state index contributed by atoms with van der Waals surface area (Å²) in [6.45, 7) is 3.91. The molecule has 0 spiro atoms. The van der Waals surface area contributed by atoms with Crippen LogP contribution in [0.25, 0.3) is 0 Å². The first-order chi connectivity index (χ1) is 13.4. The van der Waals surface area contributed by atoms with E-state index in [9.17, 15) is 14.0 Å². The molecule has 2 aromatic carbocycles. The molecule has 3 rings (SSSR count). The number of rotatable bonds is 5. The van der Waals surface area contributed by atoms with Crippen molar-refractivity contribution in [1.82, 2.24) is 10.3 Å². The molecule has 0 saturated carbocycles. The molecule has 0 aliphatic carbocycles. The molecule has 1 heterocycles. The molecular weight excluding hydrogens is 379 g/mol. The van der Waals surface area contributed by atoms with Gasteiger partial charge in [-0.25, -0.2) is 14.2 Å². The Morgan fingerprint density at radius 1 is 1.07 bits per heavy atom. The van der Waals surface area contributed by atoms with Crippen LogP contribution < -0.4 is 16.0 Å². The first kappa shape index (κ1) is 19.5. The van der Waals surface area contributed by atoms with Crippen LogP contribution in [0.5, 0.6) is 0 Å². The Balaban J connectivity index is 1.59. The summed E-state index contributed by atoms with van der Waals surface area (Å²) in [4.78, 5) is 29.2. The summed E-state index contributed by atoms with van der Waals surface area (Å²) in [5.41, 5.74) is 3.01. The van der Waals surface area contributed by atoms with Gasteiger partial charge in [-0.2, -0.15) is 0 Å². The third-order valence-electron chi connectivity index (χ3n) is 3.87. The highest BCUT2D eigenvalue weighted by atomic mass is 32.1. The van der Waals surface area contributed by atoms with Crippen LogP contribution >= 0.6 is 11.3 Å². The fraction of sp³-hybridized carbons (Fsp3) is 0.150. The molecule has 144 valence electrons. The van der Waals surface area contributed by atoms with Crippen molar-refractivity contribution >= 4 is 34.1 Å². The zero-order valence-corrected chi connectivity index (χ0v) is 16.2. The van der Waals surface area contributed by atoms with Crippen molar-refractivity contribution in [3.05, 3.63) is 76.0 Å². The third kappa shape index (κ3) is 5.14. The van der Waals surface area contributed by atoms with Crippen molar-refractivity contribution in [1.29, 1.82) is 0 Å². The van der Waals surface area contributed by atoms with E-state index in [1.54, 1.807) is 25.1 Å². The third-order valence-corrected chi connectivity index (χ3v) is 4.94.